The van der Waals surface area contributed by atoms with Crippen LogP contribution in [0.2, 0.25) is 0 Å². The van der Waals surface area contributed by atoms with Crippen LogP contribution in [0.3, 0.4) is 0 Å². The fraction of sp³-hybridized carbons (Fsp3) is 0.714. The van der Waals surface area contributed by atoms with Crippen LogP contribution >= 0.6 is 11.8 Å². The number of rotatable bonds is 4. The van der Waals surface area contributed by atoms with E-state index in [-0.39, 0.29) is 0 Å². The van der Waals surface area contributed by atoms with Gasteiger partial charge in [0.1, 0.15) is 11.6 Å². The first kappa shape index (κ1) is 13.2. The van der Waals surface area contributed by atoms with Crippen LogP contribution in [-0.2, 0) is 17.8 Å². The summed E-state index contributed by atoms with van der Waals surface area (Å²) in [4.78, 5) is 9.59. The molecule has 19 heavy (non-hydrogen) atoms. The molecule has 3 rings (SSSR count). The van der Waals surface area contributed by atoms with Crippen LogP contribution in [0.15, 0.2) is 0 Å². The van der Waals surface area contributed by atoms with Crippen molar-refractivity contribution in [3.05, 3.63) is 17.1 Å². The molecule has 0 spiro atoms. The maximum atomic E-state index is 5.56. The first-order valence-electron chi connectivity index (χ1n) is 7.21. The Balaban J connectivity index is 1.92. The first-order chi connectivity index (χ1) is 9.38. The molecule has 2 aliphatic rings. The second kappa shape index (κ2) is 6.09. The maximum Gasteiger partial charge on any atom is 0.143 e. The first-order valence-corrected chi connectivity index (χ1v) is 8.26. The van der Waals surface area contributed by atoms with Gasteiger partial charge >= 0.3 is 0 Å². The summed E-state index contributed by atoms with van der Waals surface area (Å²) >= 11 is 1.99. The molecule has 1 unspecified atom stereocenters. The number of nitrogens with zero attached hydrogens (tertiary/aromatic N) is 2. The van der Waals surface area contributed by atoms with Crippen LogP contribution in [0.25, 0.3) is 0 Å². The Morgan fingerprint density at radius 2 is 2.37 bits per heavy atom. The summed E-state index contributed by atoms with van der Waals surface area (Å²) < 4.78 is 5.56. The molecular formula is C14H21N3OS. The van der Waals surface area contributed by atoms with Crippen LogP contribution in [0.4, 0.5) is 5.82 Å². The Bertz CT molecular complexity index is 447. The second-order valence-corrected chi connectivity index (χ2v) is 6.40. The molecule has 0 aliphatic carbocycles. The van der Waals surface area contributed by atoms with Crippen LogP contribution in [-0.4, -0.2) is 28.9 Å². The number of aromatic nitrogens is 2. The topological polar surface area (TPSA) is 47.0 Å². The Morgan fingerprint density at radius 1 is 1.42 bits per heavy atom. The van der Waals surface area contributed by atoms with Gasteiger partial charge in [0.25, 0.3) is 0 Å². The number of anilines is 1. The van der Waals surface area contributed by atoms with Gasteiger partial charge in [0.05, 0.1) is 24.2 Å². The number of ether oxygens (including phenoxy) is 1. The molecule has 2 aliphatic heterocycles. The third-order valence-electron chi connectivity index (χ3n) is 3.60. The van der Waals surface area contributed by atoms with Crippen LogP contribution in [0.1, 0.15) is 48.5 Å². The fourth-order valence-electron chi connectivity index (χ4n) is 2.57. The number of hydrogen-bond acceptors (Lipinski definition) is 5. The third kappa shape index (κ3) is 2.87. The Hall–Kier alpha value is -0.810. The normalized spacial score (nSPS) is 22.3. The van der Waals surface area contributed by atoms with E-state index in [9.17, 15) is 0 Å². The van der Waals surface area contributed by atoms with Crippen molar-refractivity contribution in [1.82, 2.24) is 9.97 Å². The molecule has 1 fully saturated rings. The molecule has 104 valence electrons. The van der Waals surface area contributed by atoms with Gasteiger partial charge in [0, 0.05) is 18.5 Å². The highest BCUT2D eigenvalue weighted by molar-refractivity contribution is 7.99. The highest BCUT2D eigenvalue weighted by Crippen LogP contribution is 2.39. The molecule has 1 N–H and O–H groups in total. The Labute approximate surface area is 118 Å². The molecule has 0 radical (unpaired) electrons. The van der Waals surface area contributed by atoms with Crippen molar-refractivity contribution in [2.45, 2.75) is 44.5 Å². The quantitative estimate of drug-likeness (QED) is 0.918. The largest absolute Gasteiger partial charge is 0.376 e. The monoisotopic (exact) mass is 279 g/mol. The van der Waals surface area contributed by atoms with Gasteiger partial charge in [-0.05, 0) is 25.0 Å². The highest BCUT2D eigenvalue weighted by Gasteiger charge is 2.24. The van der Waals surface area contributed by atoms with E-state index < -0.39 is 0 Å². The molecule has 0 saturated carbocycles. The predicted octanol–water partition coefficient (Wildman–Crippen LogP) is 2.94. The van der Waals surface area contributed by atoms with E-state index in [1.54, 1.807) is 0 Å². The molecule has 0 bridgehead atoms. The summed E-state index contributed by atoms with van der Waals surface area (Å²) in [7, 11) is 0. The summed E-state index contributed by atoms with van der Waals surface area (Å²) in [6.45, 7) is 4.57. The van der Waals surface area contributed by atoms with E-state index in [0.717, 1.165) is 37.6 Å². The Morgan fingerprint density at radius 3 is 3.16 bits per heavy atom. The standard InChI is InChI=1S/C14H21N3OS/c1-2-6-15-13-10-9-18-7-5-11(10)16-14(17-13)12-4-3-8-19-12/h12H,2-9H2,1H3,(H,15,16,17). The van der Waals surface area contributed by atoms with E-state index >= 15 is 0 Å². The molecule has 1 saturated heterocycles. The lowest BCUT2D eigenvalue weighted by Gasteiger charge is -2.21. The van der Waals surface area contributed by atoms with Crippen molar-refractivity contribution < 1.29 is 4.74 Å². The van der Waals surface area contributed by atoms with Gasteiger partial charge in [0.15, 0.2) is 0 Å². The minimum atomic E-state index is 0.496. The molecule has 0 aromatic carbocycles. The van der Waals surface area contributed by atoms with E-state index in [2.05, 4.69) is 12.2 Å². The average molecular weight is 279 g/mol. The Kier molecular flexibility index (Phi) is 4.23. The fourth-order valence-corrected chi connectivity index (χ4v) is 3.77. The summed E-state index contributed by atoms with van der Waals surface area (Å²) in [5.74, 6) is 3.28. The van der Waals surface area contributed by atoms with Crippen LogP contribution in [0.5, 0.6) is 0 Å². The van der Waals surface area contributed by atoms with Gasteiger partial charge in [-0.1, -0.05) is 6.92 Å². The molecule has 0 amide bonds. The maximum absolute atomic E-state index is 5.56. The van der Waals surface area contributed by atoms with Crippen molar-refractivity contribution in [2.75, 3.05) is 24.2 Å². The van der Waals surface area contributed by atoms with Gasteiger partial charge in [-0.3, -0.25) is 0 Å². The van der Waals surface area contributed by atoms with Crippen molar-refractivity contribution in [2.24, 2.45) is 0 Å². The minimum Gasteiger partial charge on any atom is -0.376 e. The minimum absolute atomic E-state index is 0.496. The average Bonchev–Trinajstić information content (AvgIpc) is 2.98. The summed E-state index contributed by atoms with van der Waals surface area (Å²) in [5.41, 5.74) is 2.37. The molecular weight excluding hydrogens is 258 g/mol. The molecule has 5 heteroatoms. The van der Waals surface area contributed by atoms with E-state index in [0.29, 0.717) is 11.9 Å². The van der Waals surface area contributed by atoms with Crippen LogP contribution < -0.4 is 5.32 Å². The van der Waals surface area contributed by atoms with Crippen LogP contribution in [0, 0.1) is 0 Å². The van der Waals surface area contributed by atoms with Crippen molar-refractivity contribution in [3.8, 4) is 0 Å². The number of thioether (sulfide) groups is 1. The lowest BCUT2D eigenvalue weighted by Crippen LogP contribution is -2.18. The van der Waals surface area contributed by atoms with Gasteiger partial charge in [-0.15, -0.1) is 0 Å². The zero-order valence-electron chi connectivity index (χ0n) is 11.4. The number of fused-ring (bicyclic) bond motifs is 1. The van der Waals surface area contributed by atoms with Gasteiger partial charge in [-0.2, -0.15) is 11.8 Å². The van der Waals surface area contributed by atoms with Crippen molar-refractivity contribution in [3.63, 3.8) is 0 Å². The molecule has 4 nitrogen and oxygen atoms in total. The van der Waals surface area contributed by atoms with E-state index in [1.807, 2.05) is 11.8 Å². The SMILES string of the molecule is CCCNc1nc(C2CCCS2)nc2c1COCC2. The van der Waals surface area contributed by atoms with Gasteiger partial charge in [0.2, 0.25) is 0 Å². The third-order valence-corrected chi connectivity index (χ3v) is 4.97. The number of hydrogen-bond donors (Lipinski definition) is 1. The van der Waals surface area contributed by atoms with Crippen molar-refractivity contribution >= 4 is 17.6 Å². The zero-order chi connectivity index (χ0) is 13.1. The predicted molar refractivity (Wildman–Crippen MR) is 78.6 cm³/mol. The second-order valence-electron chi connectivity index (χ2n) is 5.09. The lowest BCUT2D eigenvalue weighted by atomic mass is 10.1. The lowest BCUT2D eigenvalue weighted by molar-refractivity contribution is 0.109. The van der Waals surface area contributed by atoms with Gasteiger partial charge in [-0.25, -0.2) is 9.97 Å². The van der Waals surface area contributed by atoms with E-state index in [1.165, 1.54) is 29.9 Å². The molecule has 1 aromatic heterocycles. The number of nitrogens with one attached hydrogen (secondary N) is 1. The van der Waals surface area contributed by atoms with Crippen molar-refractivity contribution in [1.29, 1.82) is 0 Å². The molecule has 1 aromatic rings. The zero-order valence-corrected chi connectivity index (χ0v) is 12.3. The van der Waals surface area contributed by atoms with Gasteiger partial charge < -0.3 is 10.1 Å². The molecule has 1 atom stereocenters. The smallest absolute Gasteiger partial charge is 0.143 e. The highest BCUT2D eigenvalue weighted by atomic mass is 32.2. The summed E-state index contributed by atoms with van der Waals surface area (Å²) in [6.07, 6.45) is 4.53. The summed E-state index contributed by atoms with van der Waals surface area (Å²) in [6, 6.07) is 0. The van der Waals surface area contributed by atoms with E-state index in [4.69, 9.17) is 14.7 Å². The molecule has 3 heterocycles. The summed E-state index contributed by atoms with van der Waals surface area (Å²) in [5, 5.41) is 3.94.